The van der Waals surface area contributed by atoms with Crippen molar-refractivity contribution < 1.29 is 4.79 Å². The number of hydrogen-bond acceptors (Lipinski definition) is 8. The average Bonchev–Trinajstić information content (AvgIpc) is 3.22. The van der Waals surface area contributed by atoms with E-state index in [9.17, 15) is 4.79 Å². The number of nitrogens with one attached hydrogen (secondary N) is 2. The lowest BCUT2D eigenvalue weighted by atomic mass is 10.1. The lowest BCUT2D eigenvalue weighted by Gasteiger charge is -2.37. The van der Waals surface area contributed by atoms with Crippen LogP contribution in [-0.4, -0.2) is 60.6 Å². The molecule has 1 fully saturated rings. The molecule has 1 amide bonds. The van der Waals surface area contributed by atoms with E-state index in [0.29, 0.717) is 17.9 Å². The average molecular weight is 444 g/mol. The molecule has 1 aliphatic rings. The summed E-state index contributed by atoms with van der Waals surface area (Å²) in [6, 6.07) is 6.33. The fourth-order valence-electron chi connectivity index (χ4n) is 4.27. The summed E-state index contributed by atoms with van der Waals surface area (Å²) in [5, 5.41) is 7.33. The fraction of sp³-hybridized carbons (Fsp3) is 0.304. The number of carbonyl (C=O) groups excluding carboxylic acids is 1. The Morgan fingerprint density at radius 3 is 2.64 bits per heavy atom. The van der Waals surface area contributed by atoms with Gasteiger partial charge < -0.3 is 20.1 Å². The van der Waals surface area contributed by atoms with Crippen molar-refractivity contribution in [3.63, 3.8) is 0 Å². The Balaban J connectivity index is 1.30. The number of hydrogen-bond donors (Lipinski definition) is 2. The third-order valence-electron chi connectivity index (χ3n) is 5.60. The third-order valence-corrected chi connectivity index (χ3v) is 5.60. The van der Waals surface area contributed by atoms with Crippen molar-refractivity contribution in [1.29, 1.82) is 0 Å². The van der Waals surface area contributed by atoms with Crippen molar-refractivity contribution in [2.75, 3.05) is 23.3 Å². The molecule has 0 spiro atoms. The summed E-state index contributed by atoms with van der Waals surface area (Å²) in [6.45, 7) is 6.22. The standard InChI is InChI=1S/C23H25N9O/c1-15-11-32(12-16(2)29-15)23-18-5-8-31(22(18)27-14-28-23)13-21(33)30-20-4-3-17(9-26-20)19-10-24-6-7-25-19/h3-10,14-16,29H,11-13H2,1-2H3,(H,26,30,33). The van der Waals surface area contributed by atoms with Crippen LogP contribution in [0.2, 0.25) is 0 Å². The summed E-state index contributed by atoms with van der Waals surface area (Å²) in [5.74, 6) is 1.20. The van der Waals surface area contributed by atoms with E-state index in [1.54, 1.807) is 37.2 Å². The van der Waals surface area contributed by atoms with Gasteiger partial charge in [-0.2, -0.15) is 0 Å². The van der Waals surface area contributed by atoms with E-state index in [1.165, 1.54) is 0 Å². The van der Waals surface area contributed by atoms with Crippen molar-refractivity contribution in [3.05, 3.63) is 55.5 Å². The van der Waals surface area contributed by atoms with Gasteiger partial charge in [0.05, 0.1) is 17.3 Å². The number of amides is 1. The quantitative estimate of drug-likeness (QED) is 0.482. The van der Waals surface area contributed by atoms with Gasteiger partial charge in [0.25, 0.3) is 0 Å². The summed E-state index contributed by atoms with van der Waals surface area (Å²) in [6.07, 6.45) is 10.0. The van der Waals surface area contributed by atoms with E-state index in [0.717, 1.165) is 41.2 Å². The summed E-state index contributed by atoms with van der Waals surface area (Å²) in [7, 11) is 0. The number of aromatic nitrogens is 6. The largest absolute Gasteiger partial charge is 0.353 e. The van der Waals surface area contributed by atoms with Crippen LogP contribution in [0.3, 0.4) is 0 Å². The molecule has 4 aromatic rings. The summed E-state index contributed by atoms with van der Waals surface area (Å²) >= 11 is 0. The molecule has 0 aliphatic carbocycles. The number of carbonyl (C=O) groups is 1. The van der Waals surface area contributed by atoms with Crippen LogP contribution in [-0.2, 0) is 11.3 Å². The molecule has 2 unspecified atom stereocenters. The number of pyridine rings is 1. The Bertz CT molecular complexity index is 1250. The molecule has 2 atom stereocenters. The van der Waals surface area contributed by atoms with Gasteiger partial charge in [0.1, 0.15) is 30.2 Å². The molecule has 0 aromatic carbocycles. The summed E-state index contributed by atoms with van der Waals surface area (Å²) < 4.78 is 1.83. The first-order valence-electron chi connectivity index (χ1n) is 10.9. The van der Waals surface area contributed by atoms with E-state index in [-0.39, 0.29) is 12.5 Å². The van der Waals surface area contributed by atoms with Crippen LogP contribution in [0.15, 0.2) is 55.5 Å². The Kier molecular flexibility index (Phi) is 5.66. The minimum absolute atomic E-state index is 0.127. The second-order valence-electron chi connectivity index (χ2n) is 8.32. The van der Waals surface area contributed by atoms with Crippen LogP contribution in [0.5, 0.6) is 0 Å². The smallest absolute Gasteiger partial charge is 0.245 e. The number of rotatable bonds is 5. The molecule has 5 rings (SSSR count). The van der Waals surface area contributed by atoms with Gasteiger partial charge in [-0.05, 0) is 32.0 Å². The zero-order valence-corrected chi connectivity index (χ0v) is 18.5. The van der Waals surface area contributed by atoms with Crippen molar-refractivity contribution in [3.8, 4) is 11.3 Å². The number of fused-ring (bicyclic) bond motifs is 1. The highest BCUT2D eigenvalue weighted by Crippen LogP contribution is 2.25. The minimum atomic E-state index is -0.183. The van der Waals surface area contributed by atoms with Crippen LogP contribution < -0.4 is 15.5 Å². The summed E-state index contributed by atoms with van der Waals surface area (Å²) in [4.78, 5) is 36.6. The first-order chi connectivity index (χ1) is 16.1. The van der Waals surface area contributed by atoms with Crippen molar-refractivity contribution in [1.82, 2.24) is 34.8 Å². The van der Waals surface area contributed by atoms with E-state index < -0.39 is 0 Å². The highest BCUT2D eigenvalue weighted by molar-refractivity contribution is 5.92. The molecular weight excluding hydrogens is 418 g/mol. The normalized spacial score (nSPS) is 18.4. The molecule has 10 heteroatoms. The van der Waals surface area contributed by atoms with Crippen LogP contribution in [0.1, 0.15) is 13.8 Å². The molecule has 4 aromatic heterocycles. The molecule has 0 radical (unpaired) electrons. The third kappa shape index (κ3) is 4.51. The van der Waals surface area contributed by atoms with E-state index in [4.69, 9.17) is 0 Å². The van der Waals surface area contributed by atoms with Gasteiger partial charge >= 0.3 is 0 Å². The Hall–Kier alpha value is -3.92. The lowest BCUT2D eigenvalue weighted by Crippen LogP contribution is -2.54. The van der Waals surface area contributed by atoms with E-state index >= 15 is 0 Å². The van der Waals surface area contributed by atoms with Gasteiger partial charge in [-0.15, -0.1) is 0 Å². The predicted octanol–water partition coefficient (Wildman–Crippen LogP) is 2.11. The first-order valence-corrected chi connectivity index (χ1v) is 10.9. The minimum Gasteiger partial charge on any atom is -0.353 e. The monoisotopic (exact) mass is 443 g/mol. The maximum absolute atomic E-state index is 12.7. The van der Waals surface area contributed by atoms with Gasteiger partial charge in [0.2, 0.25) is 5.91 Å². The van der Waals surface area contributed by atoms with Crippen LogP contribution in [0.25, 0.3) is 22.3 Å². The molecule has 10 nitrogen and oxygen atoms in total. The SMILES string of the molecule is CC1CN(c2ncnc3c2ccn3CC(=O)Nc2ccc(-c3cnccn3)cn2)CC(C)N1. The fourth-order valence-corrected chi connectivity index (χ4v) is 4.27. The van der Waals surface area contributed by atoms with Crippen LogP contribution >= 0.6 is 0 Å². The first kappa shape index (κ1) is 21.0. The van der Waals surface area contributed by atoms with Crippen LogP contribution in [0.4, 0.5) is 11.6 Å². The molecule has 168 valence electrons. The predicted molar refractivity (Wildman–Crippen MR) is 126 cm³/mol. The zero-order chi connectivity index (χ0) is 22.8. The zero-order valence-electron chi connectivity index (χ0n) is 18.5. The lowest BCUT2D eigenvalue weighted by molar-refractivity contribution is -0.116. The van der Waals surface area contributed by atoms with Crippen molar-refractivity contribution in [2.45, 2.75) is 32.5 Å². The van der Waals surface area contributed by atoms with Gasteiger partial charge in [0.15, 0.2) is 0 Å². The Morgan fingerprint density at radius 1 is 1.06 bits per heavy atom. The van der Waals surface area contributed by atoms with E-state index in [1.807, 2.05) is 22.9 Å². The van der Waals surface area contributed by atoms with Gasteiger partial charge in [-0.25, -0.2) is 15.0 Å². The van der Waals surface area contributed by atoms with Crippen molar-refractivity contribution in [2.24, 2.45) is 0 Å². The molecule has 0 bridgehead atoms. The highest BCUT2D eigenvalue weighted by Gasteiger charge is 2.24. The number of piperazine rings is 1. The molecular formula is C23H25N9O. The van der Waals surface area contributed by atoms with Crippen molar-refractivity contribution >= 4 is 28.6 Å². The summed E-state index contributed by atoms with van der Waals surface area (Å²) in [5.41, 5.74) is 2.30. The van der Waals surface area contributed by atoms with Gasteiger partial charge in [-0.1, -0.05) is 0 Å². The Morgan fingerprint density at radius 2 is 1.91 bits per heavy atom. The number of anilines is 2. The maximum Gasteiger partial charge on any atom is 0.245 e. The Labute approximate surface area is 191 Å². The second kappa shape index (κ2) is 8.91. The second-order valence-corrected chi connectivity index (χ2v) is 8.32. The van der Waals surface area contributed by atoms with Gasteiger partial charge in [-0.3, -0.25) is 14.8 Å². The highest BCUT2D eigenvalue weighted by atomic mass is 16.2. The molecule has 5 heterocycles. The molecule has 0 saturated carbocycles. The van der Waals surface area contributed by atoms with Crippen LogP contribution in [0, 0.1) is 0 Å². The molecule has 2 N–H and O–H groups in total. The maximum atomic E-state index is 12.7. The molecule has 33 heavy (non-hydrogen) atoms. The molecule has 1 saturated heterocycles. The van der Waals surface area contributed by atoms with Gasteiger partial charge in [0, 0.05) is 55.5 Å². The van der Waals surface area contributed by atoms with E-state index in [2.05, 4.69) is 54.3 Å². The topological polar surface area (TPSA) is 114 Å². The molecule has 1 aliphatic heterocycles. The number of nitrogens with zero attached hydrogens (tertiary/aromatic N) is 7.